The van der Waals surface area contributed by atoms with Crippen LogP contribution in [0.1, 0.15) is 48.0 Å². The third kappa shape index (κ3) is 3.56. The van der Waals surface area contributed by atoms with Crippen molar-refractivity contribution in [2.75, 3.05) is 0 Å². The second kappa shape index (κ2) is 4.45. The van der Waals surface area contributed by atoms with E-state index in [2.05, 4.69) is 0 Å². The molecule has 0 heterocycles. The Balaban J connectivity index is 5.06. The summed E-state index contributed by atoms with van der Waals surface area (Å²) in [6.45, 7) is 9.84. The molecule has 0 saturated carbocycles. The lowest BCUT2D eigenvalue weighted by molar-refractivity contribution is -0.130. The smallest absolute Gasteiger partial charge is 0.270 e. The molecule has 5 heteroatoms. The Hall–Kier alpha value is -0.420. The van der Waals surface area contributed by atoms with Crippen LogP contribution in [0.5, 0.6) is 0 Å². The Labute approximate surface area is 98.2 Å². The van der Waals surface area contributed by atoms with E-state index in [-0.39, 0.29) is 18.1 Å². The summed E-state index contributed by atoms with van der Waals surface area (Å²) in [5.74, 6) is -0.142. The lowest BCUT2D eigenvalue weighted by Gasteiger charge is -2.32. The summed E-state index contributed by atoms with van der Waals surface area (Å²) in [5.41, 5.74) is -0.756. The van der Waals surface area contributed by atoms with Crippen LogP contribution >= 0.6 is 0 Å². The number of rotatable bonds is 5. The molecule has 0 fully saturated rings. The van der Waals surface area contributed by atoms with Gasteiger partial charge in [0.15, 0.2) is 0 Å². The van der Waals surface area contributed by atoms with Gasteiger partial charge in [0.2, 0.25) is 0 Å². The Morgan fingerprint density at radius 2 is 1.56 bits per heavy atom. The highest BCUT2D eigenvalue weighted by molar-refractivity contribution is 7.87. The Morgan fingerprint density at radius 1 is 1.19 bits per heavy atom. The van der Waals surface area contributed by atoms with Crippen molar-refractivity contribution < 1.29 is 17.8 Å². The van der Waals surface area contributed by atoms with Crippen LogP contribution in [-0.4, -0.2) is 23.5 Å². The molecule has 0 radical (unpaired) electrons. The van der Waals surface area contributed by atoms with Crippen LogP contribution in [0.3, 0.4) is 0 Å². The third-order valence-electron chi connectivity index (χ3n) is 2.76. The van der Waals surface area contributed by atoms with E-state index in [1.807, 2.05) is 0 Å². The van der Waals surface area contributed by atoms with Crippen LogP contribution in [0.2, 0.25) is 0 Å². The van der Waals surface area contributed by atoms with Crippen LogP contribution in [0, 0.1) is 11.3 Å². The van der Waals surface area contributed by atoms with Crippen LogP contribution < -0.4 is 0 Å². The molecule has 0 aliphatic heterocycles. The fourth-order valence-electron chi connectivity index (χ4n) is 2.02. The maximum Gasteiger partial charge on any atom is 0.270 e. The molecule has 0 atom stereocenters. The maximum atomic E-state index is 11.9. The fourth-order valence-corrected chi connectivity index (χ4v) is 2.57. The predicted octanol–water partition coefficient (Wildman–Crippen LogP) is 2.29. The van der Waals surface area contributed by atoms with Crippen molar-refractivity contribution in [1.82, 2.24) is 0 Å². The van der Waals surface area contributed by atoms with E-state index in [0.29, 0.717) is 0 Å². The molecule has 16 heavy (non-hydrogen) atoms. The molecule has 0 aromatic carbocycles. The number of Topliss-reactive ketones (excluding diaryl/α,β-unsaturated/α-hetero) is 1. The van der Waals surface area contributed by atoms with Gasteiger partial charge in [-0.2, -0.15) is 8.42 Å². The predicted molar refractivity (Wildman–Crippen MR) is 63.9 cm³/mol. The second-order valence-corrected chi connectivity index (χ2v) is 7.87. The van der Waals surface area contributed by atoms with Gasteiger partial charge in [0.1, 0.15) is 5.78 Å². The van der Waals surface area contributed by atoms with Gasteiger partial charge in [0.25, 0.3) is 10.1 Å². The van der Waals surface area contributed by atoms with E-state index in [1.54, 1.807) is 27.7 Å². The van der Waals surface area contributed by atoms with E-state index in [0.717, 1.165) is 0 Å². The van der Waals surface area contributed by atoms with Gasteiger partial charge in [-0.1, -0.05) is 27.7 Å². The van der Waals surface area contributed by atoms with Crippen molar-refractivity contribution in [2.45, 2.75) is 52.7 Å². The summed E-state index contributed by atoms with van der Waals surface area (Å²) in [6, 6.07) is 0. The van der Waals surface area contributed by atoms with Crippen molar-refractivity contribution in [3.05, 3.63) is 0 Å². The summed E-state index contributed by atoms with van der Waals surface area (Å²) < 4.78 is 30.1. The van der Waals surface area contributed by atoms with Crippen LogP contribution in [0.25, 0.3) is 0 Å². The molecule has 96 valence electrons. The van der Waals surface area contributed by atoms with Gasteiger partial charge in [-0.15, -0.1) is 0 Å². The highest BCUT2D eigenvalue weighted by atomic mass is 32.2. The van der Waals surface area contributed by atoms with Gasteiger partial charge in [-0.05, 0) is 20.3 Å². The summed E-state index contributed by atoms with van der Waals surface area (Å²) in [6.07, 6.45) is 0.107. The van der Waals surface area contributed by atoms with E-state index >= 15 is 0 Å². The lowest BCUT2D eigenvalue weighted by Crippen LogP contribution is -2.41. The molecule has 0 rings (SSSR count). The van der Waals surface area contributed by atoms with Gasteiger partial charge in [0, 0.05) is 11.3 Å². The van der Waals surface area contributed by atoms with E-state index in [4.69, 9.17) is 4.55 Å². The van der Waals surface area contributed by atoms with Gasteiger partial charge in [-0.25, -0.2) is 0 Å². The average Bonchev–Trinajstić information content (AvgIpc) is 1.98. The topological polar surface area (TPSA) is 71.4 Å². The molecule has 0 aromatic heterocycles. The van der Waals surface area contributed by atoms with Crippen molar-refractivity contribution in [3.8, 4) is 0 Å². The Morgan fingerprint density at radius 3 is 1.81 bits per heavy atom. The lowest BCUT2D eigenvalue weighted by atomic mass is 9.76. The molecule has 0 spiro atoms. The van der Waals surface area contributed by atoms with Crippen molar-refractivity contribution in [2.24, 2.45) is 11.3 Å². The Bertz CT molecular complexity index is 363. The largest absolute Gasteiger partial charge is 0.299 e. The number of hydrogen-bond donors (Lipinski definition) is 1. The summed E-state index contributed by atoms with van der Waals surface area (Å²) >= 11 is 0. The molecule has 0 unspecified atom stereocenters. The van der Waals surface area contributed by atoms with Gasteiger partial charge < -0.3 is 0 Å². The number of carbonyl (C=O) groups excluding carboxylic acids is 1. The fraction of sp³-hybridized carbons (Fsp3) is 0.909. The first kappa shape index (κ1) is 15.6. The molecule has 4 nitrogen and oxygen atoms in total. The van der Waals surface area contributed by atoms with Crippen LogP contribution in [-0.2, 0) is 14.9 Å². The average molecular weight is 250 g/mol. The monoisotopic (exact) mass is 250 g/mol. The normalized spacial score (nSPS) is 14.2. The van der Waals surface area contributed by atoms with Crippen molar-refractivity contribution >= 4 is 15.9 Å². The minimum absolute atomic E-state index is 0.00391. The minimum Gasteiger partial charge on any atom is -0.299 e. The zero-order chi connectivity index (χ0) is 13.4. The summed E-state index contributed by atoms with van der Waals surface area (Å²) in [7, 11) is -4.15. The summed E-state index contributed by atoms with van der Waals surface area (Å²) in [4.78, 5) is 11.9. The molecule has 0 aromatic rings. The van der Waals surface area contributed by atoms with E-state index < -0.39 is 20.3 Å². The van der Waals surface area contributed by atoms with Crippen molar-refractivity contribution in [3.63, 3.8) is 0 Å². The van der Waals surface area contributed by atoms with E-state index in [9.17, 15) is 13.2 Å². The second-order valence-electron chi connectivity index (χ2n) is 5.81. The number of carbonyl (C=O) groups is 1. The van der Waals surface area contributed by atoms with Crippen LogP contribution in [0.4, 0.5) is 0 Å². The highest BCUT2D eigenvalue weighted by Crippen LogP contribution is 2.34. The standard InChI is InChI=1S/C11H22O4S/c1-8(2)9(12)10(3,4)7-11(5,6)16(13,14)15/h8H,7H2,1-6H3,(H,13,14,15). The molecular formula is C11H22O4S. The first-order chi connectivity index (χ1) is 6.81. The van der Waals surface area contributed by atoms with Crippen LogP contribution in [0.15, 0.2) is 0 Å². The zero-order valence-corrected chi connectivity index (χ0v) is 11.7. The number of ketones is 1. The number of hydrogen-bond acceptors (Lipinski definition) is 3. The third-order valence-corrected chi connectivity index (χ3v) is 4.30. The van der Waals surface area contributed by atoms with Crippen molar-refractivity contribution in [1.29, 1.82) is 0 Å². The molecule has 0 aliphatic rings. The molecule has 0 aliphatic carbocycles. The molecular weight excluding hydrogens is 228 g/mol. The summed E-state index contributed by atoms with van der Waals surface area (Å²) in [5, 5.41) is 0. The highest BCUT2D eigenvalue weighted by Gasteiger charge is 2.42. The first-order valence-electron chi connectivity index (χ1n) is 5.32. The van der Waals surface area contributed by atoms with E-state index in [1.165, 1.54) is 13.8 Å². The maximum absolute atomic E-state index is 11.9. The SMILES string of the molecule is CC(C)C(=O)C(C)(C)CC(C)(C)S(=O)(=O)O. The van der Waals surface area contributed by atoms with Gasteiger partial charge in [-0.3, -0.25) is 9.35 Å². The Kier molecular flexibility index (Phi) is 4.33. The zero-order valence-electron chi connectivity index (χ0n) is 10.9. The van der Waals surface area contributed by atoms with Gasteiger partial charge >= 0.3 is 0 Å². The molecule has 0 saturated heterocycles. The molecule has 0 bridgehead atoms. The first-order valence-corrected chi connectivity index (χ1v) is 6.76. The minimum atomic E-state index is -4.15. The molecule has 1 N–H and O–H groups in total. The molecule has 0 amide bonds. The van der Waals surface area contributed by atoms with Gasteiger partial charge in [0.05, 0.1) is 4.75 Å². The quantitative estimate of drug-likeness (QED) is 0.760.